The molecule has 0 rings (SSSR count). The van der Waals surface area contributed by atoms with Gasteiger partial charge in [0.2, 0.25) is 6.17 Å². The Morgan fingerprint density at radius 3 is 2.50 bits per heavy atom. The molecule has 0 saturated carbocycles. The normalized spacial score (nSPS) is 12.3. The fraction of sp³-hybridized carbons (Fsp3) is 0.600. The van der Waals surface area contributed by atoms with Crippen molar-refractivity contribution in [1.82, 2.24) is 0 Å². The first-order valence-electron chi connectivity index (χ1n) is 2.50. The molecule has 0 aromatic rings. The van der Waals surface area contributed by atoms with Gasteiger partial charge in [-0.25, -0.2) is 9.18 Å². The zero-order valence-electron chi connectivity index (χ0n) is 5.27. The number of carbonyl (C=O) groups excluding carboxylic acids is 2. The lowest BCUT2D eigenvalue weighted by molar-refractivity contribution is -0.161. The molecule has 0 aromatic heterocycles. The average Bonchev–Trinajstić information content (AvgIpc) is 1.85. The van der Waals surface area contributed by atoms with E-state index in [1.54, 1.807) is 0 Å². The topological polar surface area (TPSA) is 43.4 Å². The molecule has 0 aliphatic heterocycles. The Balaban J connectivity index is 3.73. The number of rotatable bonds is 2. The van der Waals surface area contributed by atoms with Crippen LogP contribution in [-0.2, 0) is 14.3 Å². The molecule has 0 amide bonds. The molecule has 0 radical (unpaired) electrons. The number of esters is 2. The van der Waals surface area contributed by atoms with Gasteiger partial charge in [0.25, 0.3) is 0 Å². The van der Waals surface area contributed by atoms with E-state index in [1.165, 1.54) is 0 Å². The first-order valence-corrected chi connectivity index (χ1v) is 3.03. The van der Waals surface area contributed by atoms with E-state index in [9.17, 15) is 14.0 Å². The molecule has 0 bridgehead atoms. The van der Waals surface area contributed by atoms with E-state index in [-0.39, 0.29) is 0 Å². The Morgan fingerprint density at radius 1 is 1.70 bits per heavy atom. The summed E-state index contributed by atoms with van der Waals surface area (Å²) >= 11 is 4.94. The summed E-state index contributed by atoms with van der Waals surface area (Å²) in [7, 11) is 0. The van der Waals surface area contributed by atoms with E-state index in [0.29, 0.717) is 0 Å². The third-order valence-electron chi connectivity index (χ3n) is 0.636. The molecule has 3 nitrogen and oxygen atoms in total. The Labute approximate surface area is 62.1 Å². The fourth-order valence-electron chi connectivity index (χ4n) is 0.269. The van der Waals surface area contributed by atoms with Crippen LogP contribution in [0.2, 0.25) is 0 Å². The van der Waals surface area contributed by atoms with Gasteiger partial charge in [-0.05, 0) is 0 Å². The lowest BCUT2D eigenvalue weighted by Crippen LogP contribution is -2.22. The molecule has 0 N–H and O–H groups in total. The third kappa shape index (κ3) is 3.40. The van der Waals surface area contributed by atoms with Crippen molar-refractivity contribution in [3.63, 3.8) is 0 Å². The van der Waals surface area contributed by atoms with Crippen LogP contribution < -0.4 is 0 Å². The first-order chi connectivity index (χ1) is 4.57. The minimum absolute atomic E-state index is 0.494. The lowest BCUT2D eigenvalue weighted by atomic mass is 10.4. The minimum Gasteiger partial charge on any atom is -0.391 e. The van der Waals surface area contributed by atoms with Gasteiger partial charge in [-0.1, -0.05) is 0 Å². The van der Waals surface area contributed by atoms with E-state index in [4.69, 9.17) is 11.6 Å². The van der Waals surface area contributed by atoms with Gasteiger partial charge >= 0.3 is 11.9 Å². The number of alkyl halides is 2. The van der Waals surface area contributed by atoms with Gasteiger partial charge in [0.1, 0.15) is 0 Å². The zero-order valence-corrected chi connectivity index (χ0v) is 6.02. The molecule has 0 spiro atoms. The number of hydrogen-bond donors (Lipinski definition) is 0. The third-order valence-corrected chi connectivity index (χ3v) is 0.906. The van der Waals surface area contributed by atoms with E-state index >= 15 is 0 Å². The largest absolute Gasteiger partial charge is 0.391 e. The maximum atomic E-state index is 12.1. The quantitative estimate of drug-likeness (QED) is 0.346. The summed E-state index contributed by atoms with van der Waals surface area (Å²) in [4.78, 5) is 20.3. The van der Waals surface area contributed by atoms with Gasteiger partial charge in [0.15, 0.2) is 0 Å². The molecule has 0 aliphatic carbocycles. The van der Waals surface area contributed by atoms with Gasteiger partial charge in [-0.15, -0.1) is 11.6 Å². The van der Waals surface area contributed by atoms with E-state index in [0.717, 1.165) is 6.92 Å². The predicted octanol–water partition coefficient (Wildman–Crippen LogP) is 0.653. The zero-order chi connectivity index (χ0) is 8.15. The summed E-state index contributed by atoms with van der Waals surface area (Å²) in [5, 5.41) is 0. The fourth-order valence-corrected chi connectivity index (χ4v) is 0.395. The van der Waals surface area contributed by atoms with Crippen LogP contribution in [0, 0.1) is 0 Å². The second kappa shape index (κ2) is 4.22. The number of ether oxygens (including phenoxy) is 1. The van der Waals surface area contributed by atoms with E-state index in [1.807, 2.05) is 0 Å². The van der Waals surface area contributed by atoms with Crippen LogP contribution in [0.1, 0.15) is 6.92 Å². The van der Waals surface area contributed by atoms with Crippen molar-refractivity contribution in [1.29, 1.82) is 0 Å². The summed E-state index contributed by atoms with van der Waals surface area (Å²) < 4.78 is 16.0. The molecular weight excluding hydrogens is 163 g/mol. The van der Waals surface area contributed by atoms with Crippen molar-refractivity contribution in [2.24, 2.45) is 0 Å². The molecule has 0 saturated heterocycles. The van der Waals surface area contributed by atoms with Crippen molar-refractivity contribution in [3.8, 4) is 0 Å². The lowest BCUT2D eigenvalue weighted by Gasteiger charge is -2.00. The van der Waals surface area contributed by atoms with Crippen molar-refractivity contribution in [2.45, 2.75) is 13.1 Å². The van der Waals surface area contributed by atoms with E-state index in [2.05, 4.69) is 4.74 Å². The smallest absolute Gasteiger partial charge is 0.349 e. The Bertz CT molecular complexity index is 148. The van der Waals surface area contributed by atoms with Gasteiger partial charge in [-0.3, -0.25) is 4.79 Å². The highest BCUT2D eigenvalue weighted by Gasteiger charge is 2.18. The van der Waals surface area contributed by atoms with Crippen LogP contribution in [0.15, 0.2) is 0 Å². The van der Waals surface area contributed by atoms with Crippen LogP contribution in [0.5, 0.6) is 0 Å². The van der Waals surface area contributed by atoms with Gasteiger partial charge in [-0.2, -0.15) is 0 Å². The molecule has 0 fully saturated rings. The highest BCUT2D eigenvalue weighted by molar-refractivity contribution is 6.19. The Kier molecular flexibility index (Phi) is 3.95. The molecule has 58 valence electrons. The summed E-state index contributed by atoms with van der Waals surface area (Å²) in [6, 6.07) is 0. The van der Waals surface area contributed by atoms with Crippen molar-refractivity contribution < 1.29 is 18.7 Å². The monoisotopic (exact) mass is 168 g/mol. The number of halogens is 2. The second-order valence-electron chi connectivity index (χ2n) is 1.53. The predicted molar refractivity (Wildman–Crippen MR) is 32.4 cm³/mol. The van der Waals surface area contributed by atoms with Crippen molar-refractivity contribution >= 4 is 23.5 Å². The molecule has 1 unspecified atom stereocenters. The standard InChI is InChI=1S/C5H6ClFO3/c1-3(8)10-5(9)4(7)2-6/h4H,2H2,1H3. The molecule has 0 aromatic carbocycles. The molecule has 5 heteroatoms. The summed E-state index contributed by atoms with van der Waals surface area (Å²) in [5.74, 6) is -2.56. The molecule has 10 heavy (non-hydrogen) atoms. The van der Waals surface area contributed by atoms with Crippen LogP contribution in [-0.4, -0.2) is 24.0 Å². The molecule has 0 aliphatic rings. The van der Waals surface area contributed by atoms with Crippen molar-refractivity contribution in [2.75, 3.05) is 5.88 Å². The Morgan fingerprint density at radius 2 is 2.20 bits per heavy atom. The van der Waals surface area contributed by atoms with Crippen LogP contribution in [0.25, 0.3) is 0 Å². The van der Waals surface area contributed by atoms with Crippen LogP contribution in [0.4, 0.5) is 4.39 Å². The molecule has 1 atom stereocenters. The van der Waals surface area contributed by atoms with E-state index < -0.39 is 24.0 Å². The molecular formula is C5H6ClFO3. The maximum absolute atomic E-state index is 12.1. The first kappa shape index (κ1) is 9.36. The number of hydrogen-bond acceptors (Lipinski definition) is 3. The van der Waals surface area contributed by atoms with Crippen LogP contribution >= 0.6 is 11.6 Å². The second-order valence-corrected chi connectivity index (χ2v) is 1.84. The summed E-state index contributed by atoms with van der Waals surface area (Å²) in [5.41, 5.74) is 0. The van der Waals surface area contributed by atoms with Crippen LogP contribution in [0.3, 0.4) is 0 Å². The Hall–Kier alpha value is -0.640. The molecule has 0 heterocycles. The average molecular weight is 169 g/mol. The van der Waals surface area contributed by atoms with Gasteiger partial charge < -0.3 is 4.74 Å². The van der Waals surface area contributed by atoms with Gasteiger partial charge in [0.05, 0.1) is 5.88 Å². The summed E-state index contributed by atoms with van der Waals surface area (Å²) in [6.07, 6.45) is -1.91. The van der Waals surface area contributed by atoms with Crippen molar-refractivity contribution in [3.05, 3.63) is 0 Å². The maximum Gasteiger partial charge on any atom is 0.349 e. The van der Waals surface area contributed by atoms with Gasteiger partial charge in [0, 0.05) is 6.92 Å². The SMILES string of the molecule is CC(=O)OC(=O)C(F)CCl. The highest BCUT2D eigenvalue weighted by atomic mass is 35.5. The number of carbonyl (C=O) groups is 2. The summed E-state index contributed by atoms with van der Waals surface area (Å²) in [6.45, 7) is 1.01. The highest BCUT2D eigenvalue weighted by Crippen LogP contribution is 1.97. The minimum atomic E-state index is -1.91.